The molecule has 19 heavy (non-hydrogen) atoms. The first-order valence-electron chi connectivity index (χ1n) is 8.25. The van der Waals surface area contributed by atoms with Crippen molar-refractivity contribution in [2.45, 2.75) is 78.1 Å². The van der Waals surface area contributed by atoms with Gasteiger partial charge >= 0.3 is 0 Å². The highest BCUT2D eigenvalue weighted by atomic mass is 14.6. The van der Waals surface area contributed by atoms with Crippen molar-refractivity contribution in [2.24, 2.45) is 5.92 Å². The average molecular weight is 261 g/mol. The minimum absolute atomic E-state index is 0.861. The lowest BCUT2D eigenvalue weighted by molar-refractivity contribution is 0.416. The van der Waals surface area contributed by atoms with Crippen molar-refractivity contribution in [3.63, 3.8) is 0 Å². The Labute approximate surface area is 119 Å². The molecule has 0 aliphatic heterocycles. The number of hydrogen-bond donors (Lipinski definition) is 0. The van der Waals surface area contributed by atoms with E-state index in [9.17, 15) is 0 Å². The maximum absolute atomic E-state index is 4.23. The van der Waals surface area contributed by atoms with E-state index in [1.807, 2.05) is 12.4 Å². The lowest BCUT2D eigenvalue weighted by atomic mass is 9.90. The van der Waals surface area contributed by atoms with E-state index >= 15 is 0 Å². The van der Waals surface area contributed by atoms with Crippen LogP contribution in [0.15, 0.2) is 24.5 Å². The smallest absolute Gasteiger partial charge is 0.0299 e. The molecule has 0 aliphatic rings. The minimum atomic E-state index is 0.861. The fraction of sp³-hybridized carbons (Fsp3) is 0.722. The number of nitrogens with zero attached hydrogens (tertiary/aromatic N) is 1. The van der Waals surface area contributed by atoms with Crippen molar-refractivity contribution in [1.82, 2.24) is 4.98 Å². The molecule has 0 N–H and O–H groups in total. The summed E-state index contributed by atoms with van der Waals surface area (Å²) in [4.78, 5) is 4.23. The normalized spacial score (nSPS) is 12.5. The zero-order valence-corrected chi connectivity index (χ0v) is 12.9. The molecular formula is C18H31N. The summed E-state index contributed by atoms with van der Waals surface area (Å²) in [5, 5.41) is 0. The lowest BCUT2D eigenvalue weighted by Gasteiger charge is -2.16. The second-order valence-electron chi connectivity index (χ2n) is 5.78. The number of rotatable bonds is 11. The van der Waals surface area contributed by atoms with Gasteiger partial charge in [-0.15, -0.1) is 0 Å². The van der Waals surface area contributed by atoms with E-state index in [2.05, 4.69) is 31.0 Å². The molecule has 0 spiro atoms. The molecule has 0 bridgehead atoms. The Morgan fingerprint density at radius 3 is 2.42 bits per heavy atom. The number of hydrogen-bond acceptors (Lipinski definition) is 1. The first kappa shape index (κ1) is 16.2. The highest BCUT2D eigenvalue weighted by Crippen LogP contribution is 2.21. The summed E-state index contributed by atoms with van der Waals surface area (Å²) in [5.74, 6) is 0.861. The first-order chi connectivity index (χ1) is 9.36. The van der Waals surface area contributed by atoms with E-state index in [0.717, 1.165) is 5.92 Å². The molecule has 1 heteroatoms. The van der Waals surface area contributed by atoms with E-state index in [4.69, 9.17) is 0 Å². The van der Waals surface area contributed by atoms with Gasteiger partial charge in [0.2, 0.25) is 0 Å². The predicted molar refractivity (Wildman–Crippen MR) is 84.3 cm³/mol. The molecule has 0 saturated heterocycles. The highest BCUT2D eigenvalue weighted by Gasteiger charge is 2.08. The molecule has 1 atom stereocenters. The molecule has 1 rings (SSSR count). The van der Waals surface area contributed by atoms with Crippen LogP contribution >= 0.6 is 0 Å². The monoisotopic (exact) mass is 261 g/mol. The van der Waals surface area contributed by atoms with Crippen LogP contribution in [0.3, 0.4) is 0 Å². The second-order valence-corrected chi connectivity index (χ2v) is 5.78. The molecule has 0 saturated carbocycles. The minimum Gasteiger partial charge on any atom is -0.264 e. The third-order valence-corrected chi connectivity index (χ3v) is 3.91. The summed E-state index contributed by atoms with van der Waals surface area (Å²) < 4.78 is 0. The predicted octanol–water partition coefficient (Wildman–Crippen LogP) is 5.79. The second kappa shape index (κ2) is 11.0. The molecule has 0 aliphatic carbocycles. The van der Waals surface area contributed by atoms with Crippen molar-refractivity contribution in [2.75, 3.05) is 0 Å². The molecule has 0 aromatic carbocycles. The van der Waals surface area contributed by atoms with Gasteiger partial charge in [-0.2, -0.15) is 0 Å². The average Bonchev–Trinajstić information content (AvgIpc) is 2.44. The Balaban J connectivity index is 2.21. The quantitative estimate of drug-likeness (QED) is 0.459. The highest BCUT2D eigenvalue weighted by molar-refractivity contribution is 5.09. The van der Waals surface area contributed by atoms with Crippen LogP contribution < -0.4 is 0 Å². The van der Waals surface area contributed by atoms with Crippen molar-refractivity contribution < 1.29 is 0 Å². The standard InChI is InChI=1S/C18H31N/c1-3-5-6-7-8-9-12-17(11-4-2)15-18-13-10-14-19-16-18/h10,13-14,16-17H,3-9,11-12,15H2,1-2H3. The fourth-order valence-electron chi connectivity index (χ4n) is 2.82. The Hall–Kier alpha value is -0.850. The third kappa shape index (κ3) is 8.02. The summed E-state index contributed by atoms with van der Waals surface area (Å²) >= 11 is 0. The molecule has 1 nitrogen and oxygen atoms in total. The van der Waals surface area contributed by atoms with Gasteiger partial charge in [0.05, 0.1) is 0 Å². The van der Waals surface area contributed by atoms with Gasteiger partial charge in [-0.1, -0.05) is 77.7 Å². The SMILES string of the molecule is CCCCCCCCC(CCC)Cc1cccnc1. The zero-order chi connectivity index (χ0) is 13.8. The maximum atomic E-state index is 4.23. The fourth-order valence-corrected chi connectivity index (χ4v) is 2.82. The third-order valence-electron chi connectivity index (χ3n) is 3.91. The summed E-state index contributed by atoms with van der Waals surface area (Å²) in [7, 11) is 0. The Bertz CT molecular complexity index is 294. The Morgan fingerprint density at radius 1 is 0.947 bits per heavy atom. The molecule has 0 fully saturated rings. The molecule has 108 valence electrons. The van der Waals surface area contributed by atoms with Crippen molar-refractivity contribution in [3.8, 4) is 0 Å². The number of unbranched alkanes of at least 4 members (excludes halogenated alkanes) is 5. The van der Waals surface area contributed by atoms with Crippen molar-refractivity contribution in [3.05, 3.63) is 30.1 Å². The van der Waals surface area contributed by atoms with Crippen molar-refractivity contribution >= 4 is 0 Å². The molecular weight excluding hydrogens is 230 g/mol. The van der Waals surface area contributed by atoms with E-state index in [-0.39, 0.29) is 0 Å². The molecule has 1 aromatic rings. The Morgan fingerprint density at radius 2 is 1.74 bits per heavy atom. The van der Waals surface area contributed by atoms with Gasteiger partial charge in [-0.3, -0.25) is 4.98 Å². The van der Waals surface area contributed by atoms with Crippen LogP contribution in [0.25, 0.3) is 0 Å². The number of aromatic nitrogens is 1. The summed E-state index contributed by atoms with van der Waals surface area (Å²) in [6, 6.07) is 4.28. The van der Waals surface area contributed by atoms with Crippen LogP contribution in [0.4, 0.5) is 0 Å². The van der Waals surface area contributed by atoms with Crippen molar-refractivity contribution in [1.29, 1.82) is 0 Å². The Kier molecular flexibility index (Phi) is 9.40. The first-order valence-corrected chi connectivity index (χ1v) is 8.25. The van der Waals surface area contributed by atoms with Gasteiger partial charge < -0.3 is 0 Å². The van der Waals surface area contributed by atoms with Crippen LogP contribution in [0.1, 0.15) is 77.2 Å². The topological polar surface area (TPSA) is 12.9 Å². The van der Waals surface area contributed by atoms with Gasteiger partial charge in [-0.25, -0.2) is 0 Å². The van der Waals surface area contributed by atoms with Gasteiger partial charge in [0.1, 0.15) is 0 Å². The lowest BCUT2D eigenvalue weighted by Crippen LogP contribution is -2.05. The molecule has 0 radical (unpaired) electrons. The van der Waals surface area contributed by atoms with E-state index in [0.29, 0.717) is 0 Å². The van der Waals surface area contributed by atoms with Gasteiger partial charge in [0.15, 0.2) is 0 Å². The molecule has 1 unspecified atom stereocenters. The van der Waals surface area contributed by atoms with Gasteiger partial charge in [-0.05, 0) is 24.0 Å². The van der Waals surface area contributed by atoms with E-state index in [1.54, 1.807) is 0 Å². The van der Waals surface area contributed by atoms with Crippen LogP contribution in [0, 0.1) is 5.92 Å². The summed E-state index contributed by atoms with van der Waals surface area (Å²) in [5.41, 5.74) is 1.41. The van der Waals surface area contributed by atoms with Crippen LogP contribution in [-0.4, -0.2) is 4.98 Å². The molecule has 0 amide bonds. The summed E-state index contributed by atoms with van der Waals surface area (Å²) in [6.45, 7) is 4.59. The van der Waals surface area contributed by atoms with Crippen LogP contribution in [0.5, 0.6) is 0 Å². The largest absolute Gasteiger partial charge is 0.264 e. The van der Waals surface area contributed by atoms with Gasteiger partial charge in [0, 0.05) is 12.4 Å². The molecule has 1 heterocycles. The van der Waals surface area contributed by atoms with E-state index < -0.39 is 0 Å². The van der Waals surface area contributed by atoms with Crippen LogP contribution in [0.2, 0.25) is 0 Å². The zero-order valence-electron chi connectivity index (χ0n) is 12.9. The van der Waals surface area contributed by atoms with Crippen LogP contribution in [-0.2, 0) is 6.42 Å². The molecule has 1 aromatic heterocycles. The summed E-state index contributed by atoms with van der Waals surface area (Å²) in [6.07, 6.45) is 17.6. The maximum Gasteiger partial charge on any atom is 0.0299 e. The van der Waals surface area contributed by atoms with Gasteiger partial charge in [0.25, 0.3) is 0 Å². The number of pyridine rings is 1. The van der Waals surface area contributed by atoms with E-state index in [1.165, 1.54) is 69.8 Å².